The van der Waals surface area contributed by atoms with Gasteiger partial charge in [0, 0.05) is 18.8 Å². The fraction of sp³-hybridized carbons (Fsp3) is 0.316. The summed E-state index contributed by atoms with van der Waals surface area (Å²) in [7, 11) is -3.21. The Labute approximate surface area is 183 Å². The molecule has 1 aliphatic rings. The molecule has 1 aromatic carbocycles. The van der Waals surface area contributed by atoms with Crippen LogP contribution in [-0.4, -0.2) is 47.1 Å². The molecule has 1 aliphatic heterocycles. The summed E-state index contributed by atoms with van der Waals surface area (Å²) in [6, 6.07) is 10.8. The van der Waals surface area contributed by atoms with Crippen molar-refractivity contribution in [3.63, 3.8) is 0 Å². The van der Waals surface area contributed by atoms with Crippen LogP contribution in [0.15, 0.2) is 46.9 Å². The van der Waals surface area contributed by atoms with Crippen LogP contribution in [0.4, 0.5) is 11.4 Å². The summed E-state index contributed by atoms with van der Waals surface area (Å²) in [6.07, 6.45) is 0.634. The molecule has 0 spiro atoms. The Kier molecular flexibility index (Phi) is 6.11. The predicted molar refractivity (Wildman–Crippen MR) is 121 cm³/mol. The Morgan fingerprint density at radius 2 is 2.03 bits per heavy atom. The molecule has 0 saturated carbocycles. The number of amides is 1. The van der Waals surface area contributed by atoms with Crippen LogP contribution in [0.1, 0.15) is 13.3 Å². The molecule has 1 saturated heterocycles. The van der Waals surface area contributed by atoms with E-state index in [2.05, 4.69) is 15.5 Å². The number of sulfonamides is 1. The van der Waals surface area contributed by atoms with Crippen molar-refractivity contribution >= 4 is 50.4 Å². The molecule has 2 aromatic heterocycles. The van der Waals surface area contributed by atoms with Crippen LogP contribution in [0.25, 0.3) is 10.7 Å². The van der Waals surface area contributed by atoms with E-state index in [4.69, 9.17) is 0 Å². The zero-order chi connectivity index (χ0) is 21.1. The van der Waals surface area contributed by atoms with Crippen LogP contribution < -0.4 is 9.62 Å². The van der Waals surface area contributed by atoms with Gasteiger partial charge in [-0.1, -0.05) is 17.8 Å². The maximum atomic E-state index is 12.4. The maximum absolute atomic E-state index is 12.4. The third-order valence-corrected chi connectivity index (χ3v) is 8.35. The monoisotopic (exact) mass is 463 g/mol. The minimum absolute atomic E-state index is 0.162. The lowest BCUT2D eigenvalue weighted by molar-refractivity contribution is -0.113. The number of carbonyl (C=O) groups excluding carboxylic acids is 1. The van der Waals surface area contributed by atoms with Crippen molar-refractivity contribution in [3.8, 4) is 10.7 Å². The molecule has 3 aromatic rings. The standard InChI is InChI=1S/C19H21N5O3S3/c1-2-23-18(16-5-3-11-28-16)21-22-19(23)29-13-17(25)20-14-6-8-15(9-7-14)24-10-4-12-30(24,26)27/h3,5-9,11H,2,4,10,12-13H2,1H3,(H,20,25). The van der Waals surface area contributed by atoms with Crippen LogP contribution in [0, 0.1) is 0 Å². The van der Waals surface area contributed by atoms with Crippen molar-refractivity contribution in [2.75, 3.05) is 27.7 Å². The van der Waals surface area contributed by atoms with Gasteiger partial charge in [-0.3, -0.25) is 9.10 Å². The first-order chi connectivity index (χ1) is 14.5. The quantitative estimate of drug-likeness (QED) is 0.540. The summed E-state index contributed by atoms with van der Waals surface area (Å²) in [5.74, 6) is 1.03. The molecule has 0 unspecified atom stereocenters. The van der Waals surface area contributed by atoms with Gasteiger partial charge in [0.1, 0.15) is 0 Å². The van der Waals surface area contributed by atoms with Crippen molar-refractivity contribution in [1.29, 1.82) is 0 Å². The van der Waals surface area contributed by atoms with Gasteiger partial charge in [-0.2, -0.15) is 0 Å². The lowest BCUT2D eigenvalue weighted by Crippen LogP contribution is -2.25. The van der Waals surface area contributed by atoms with Crippen molar-refractivity contribution in [3.05, 3.63) is 41.8 Å². The van der Waals surface area contributed by atoms with Gasteiger partial charge < -0.3 is 9.88 Å². The first kappa shape index (κ1) is 20.9. The lowest BCUT2D eigenvalue weighted by Gasteiger charge is -2.17. The van der Waals surface area contributed by atoms with Crippen LogP contribution in [0.3, 0.4) is 0 Å². The Balaban J connectivity index is 1.36. The highest BCUT2D eigenvalue weighted by molar-refractivity contribution is 7.99. The van der Waals surface area contributed by atoms with Gasteiger partial charge in [0.25, 0.3) is 0 Å². The smallest absolute Gasteiger partial charge is 0.235 e. The fourth-order valence-electron chi connectivity index (χ4n) is 3.24. The topological polar surface area (TPSA) is 97.2 Å². The zero-order valence-electron chi connectivity index (χ0n) is 16.3. The van der Waals surface area contributed by atoms with Gasteiger partial charge in [-0.25, -0.2) is 8.42 Å². The Morgan fingerprint density at radius 3 is 2.67 bits per heavy atom. The summed E-state index contributed by atoms with van der Waals surface area (Å²) >= 11 is 2.94. The molecule has 0 aliphatic carbocycles. The normalized spacial score (nSPS) is 15.4. The highest BCUT2D eigenvalue weighted by atomic mass is 32.2. The van der Waals surface area contributed by atoms with E-state index in [1.807, 2.05) is 29.0 Å². The third-order valence-electron chi connectivity index (χ3n) is 4.65. The number of hydrogen-bond donors (Lipinski definition) is 1. The molecular weight excluding hydrogens is 442 g/mol. The van der Waals surface area contributed by atoms with E-state index in [0.717, 1.165) is 10.7 Å². The van der Waals surface area contributed by atoms with Crippen LogP contribution in [0.2, 0.25) is 0 Å². The minimum atomic E-state index is -3.21. The largest absolute Gasteiger partial charge is 0.325 e. The number of thioether (sulfide) groups is 1. The Hall–Kier alpha value is -2.37. The van der Waals surface area contributed by atoms with Crippen molar-refractivity contribution in [2.24, 2.45) is 0 Å². The van der Waals surface area contributed by atoms with E-state index in [1.165, 1.54) is 16.1 Å². The number of thiophene rings is 1. The molecule has 30 heavy (non-hydrogen) atoms. The molecule has 3 heterocycles. The number of hydrogen-bond acceptors (Lipinski definition) is 7. The molecule has 1 N–H and O–H groups in total. The van der Waals surface area contributed by atoms with E-state index >= 15 is 0 Å². The number of benzene rings is 1. The molecular formula is C19H21N5O3S3. The summed E-state index contributed by atoms with van der Waals surface area (Å²) in [6.45, 7) is 3.23. The second-order valence-corrected chi connectivity index (χ2v) is 10.6. The minimum Gasteiger partial charge on any atom is -0.325 e. The first-order valence-electron chi connectivity index (χ1n) is 9.48. The average Bonchev–Trinajstić information content (AvgIpc) is 3.46. The van der Waals surface area contributed by atoms with Crippen LogP contribution >= 0.6 is 23.1 Å². The van der Waals surface area contributed by atoms with E-state index in [-0.39, 0.29) is 17.4 Å². The molecule has 158 valence electrons. The molecule has 8 nitrogen and oxygen atoms in total. The number of nitrogens with zero attached hydrogens (tertiary/aromatic N) is 4. The molecule has 0 atom stereocenters. The molecule has 11 heteroatoms. The molecule has 4 rings (SSSR count). The van der Waals surface area contributed by atoms with Crippen LogP contribution in [0.5, 0.6) is 0 Å². The Bertz CT molecular complexity index is 1120. The van der Waals surface area contributed by atoms with E-state index in [1.54, 1.807) is 35.6 Å². The summed E-state index contributed by atoms with van der Waals surface area (Å²) < 4.78 is 27.4. The molecule has 1 amide bonds. The van der Waals surface area contributed by atoms with Gasteiger partial charge in [0.2, 0.25) is 15.9 Å². The average molecular weight is 464 g/mol. The maximum Gasteiger partial charge on any atom is 0.235 e. The number of rotatable bonds is 7. The molecule has 1 fully saturated rings. The predicted octanol–water partition coefficient (Wildman–Crippen LogP) is 3.30. The zero-order valence-corrected chi connectivity index (χ0v) is 18.8. The van der Waals surface area contributed by atoms with E-state index in [0.29, 0.717) is 36.0 Å². The van der Waals surface area contributed by atoms with Gasteiger partial charge in [-0.15, -0.1) is 21.5 Å². The number of nitrogens with one attached hydrogen (secondary N) is 1. The Morgan fingerprint density at radius 1 is 1.23 bits per heavy atom. The summed E-state index contributed by atoms with van der Waals surface area (Å²) in [5, 5.41) is 14.0. The SMILES string of the molecule is CCn1c(SCC(=O)Nc2ccc(N3CCCS3(=O)=O)cc2)nnc1-c1cccs1. The first-order valence-corrected chi connectivity index (χ1v) is 13.0. The van der Waals surface area contributed by atoms with E-state index < -0.39 is 10.0 Å². The summed E-state index contributed by atoms with van der Waals surface area (Å²) in [5.41, 5.74) is 1.24. The van der Waals surface area contributed by atoms with Crippen LogP contribution in [-0.2, 0) is 21.4 Å². The van der Waals surface area contributed by atoms with Crippen molar-refractivity contribution in [2.45, 2.75) is 25.0 Å². The van der Waals surface area contributed by atoms with Gasteiger partial charge in [0.15, 0.2) is 11.0 Å². The lowest BCUT2D eigenvalue weighted by atomic mass is 10.2. The molecule has 0 bridgehead atoms. The number of carbonyl (C=O) groups is 1. The second kappa shape index (κ2) is 8.78. The highest BCUT2D eigenvalue weighted by Crippen LogP contribution is 2.28. The van der Waals surface area contributed by atoms with Gasteiger partial charge in [0.05, 0.1) is 22.1 Å². The highest BCUT2D eigenvalue weighted by Gasteiger charge is 2.28. The molecule has 0 radical (unpaired) electrons. The van der Waals surface area contributed by atoms with E-state index in [9.17, 15) is 13.2 Å². The third kappa shape index (κ3) is 4.37. The van der Waals surface area contributed by atoms with Crippen molar-refractivity contribution in [1.82, 2.24) is 14.8 Å². The number of aromatic nitrogens is 3. The van der Waals surface area contributed by atoms with Gasteiger partial charge >= 0.3 is 0 Å². The number of anilines is 2. The van der Waals surface area contributed by atoms with Crippen molar-refractivity contribution < 1.29 is 13.2 Å². The van der Waals surface area contributed by atoms with Gasteiger partial charge in [-0.05, 0) is 49.1 Å². The fourth-order valence-corrected chi connectivity index (χ4v) is 6.32. The second-order valence-electron chi connectivity index (χ2n) is 6.65. The summed E-state index contributed by atoms with van der Waals surface area (Å²) in [4.78, 5) is 13.4.